The zero-order valence-corrected chi connectivity index (χ0v) is 15.0. The lowest BCUT2D eigenvalue weighted by molar-refractivity contribution is -0.120. The molecule has 2 heterocycles. The fraction of sp³-hybridized carbons (Fsp3) is 0.389. The Morgan fingerprint density at radius 2 is 2.04 bits per heavy atom. The van der Waals surface area contributed by atoms with E-state index in [0.717, 1.165) is 31.9 Å². The highest BCUT2D eigenvalue weighted by atomic mass is 35.5. The molecule has 0 spiro atoms. The van der Waals surface area contributed by atoms with Crippen molar-refractivity contribution in [2.45, 2.75) is 12.5 Å². The highest BCUT2D eigenvalue weighted by Gasteiger charge is 2.24. The highest BCUT2D eigenvalue weighted by molar-refractivity contribution is 7.10. The first-order valence-corrected chi connectivity index (χ1v) is 9.35. The fourth-order valence-electron chi connectivity index (χ4n) is 2.87. The Bertz CT molecular complexity index is 657. The number of morpholine rings is 1. The summed E-state index contributed by atoms with van der Waals surface area (Å²) in [5, 5.41) is 5.78. The summed E-state index contributed by atoms with van der Waals surface area (Å²) in [6.07, 6.45) is 0.306. The minimum absolute atomic E-state index is 0.00193. The second-order valence-electron chi connectivity index (χ2n) is 5.75. The van der Waals surface area contributed by atoms with Gasteiger partial charge in [-0.25, -0.2) is 0 Å². The van der Waals surface area contributed by atoms with E-state index in [2.05, 4.69) is 27.7 Å². The summed E-state index contributed by atoms with van der Waals surface area (Å²) in [6, 6.07) is 11.9. The van der Waals surface area contributed by atoms with E-state index in [1.165, 1.54) is 4.88 Å². The van der Waals surface area contributed by atoms with Gasteiger partial charge in [0.1, 0.15) is 0 Å². The number of nitrogens with one attached hydrogen (secondary N) is 1. The molecule has 1 aromatic carbocycles. The maximum Gasteiger partial charge on any atom is 0.224 e. The van der Waals surface area contributed by atoms with E-state index in [-0.39, 0.29) is 11.9 Å². The Balaban J connectivity index is 1.61. The molecule has 128 valence electrons. The second kappa shape index (κ2) is 8.62. The first-order chi connectivity index (χ1) is 11.7. The number of carbonyl (C=O) groups excluding carboxylic acids is 1. The molecule has 6 heteroatoms. The van der Waals surface area contributed by atoms with Gasteiger partial charge in [-0.2, -0.15) is 0 Å². The summed E-state index contributed by atoms with van der Waals surface area (Å²) < 4.78 is 5.44. The van der Waals surface area contributed by atoms with E-state index in [9.17, 15) is 4.79 Å². The standard InChI is InChI=1S/C18H21ClN2O2S/c19-15-5-2-1-4-14(15)12-18(22)20-13-16(17-6-3-11-24-17)21-7-9-23-10-8-21/h1-6,11,16H,7-10,12-13H2,(H,20,22). The van der Waals surface area contributed by atoms with Crippen LogP contribution in [0.25, 0.3) is 0 Å². The zero-order valence-electron chi connectivity index (χ0n) is 13.4. The van der Waals surface area contributed by atoms with Crippen molar-refractivity contribution in [3.8, 4) is 0 Å². The van der Waals surface area contributed by atoms with Crippen molar-refractivity contribution in [2.24, 2.45) is 0 Å². The molecule has 0 radical (unpaired) electrons. The number of carbonyl (C=O) groups is 1. The van der Waals surface area contributed by atoms with Crippen LogP contribution in [-0.4, -0.2) is 43.7 Å². The van der Waals surface area contributed by atoms with Crippen LogP contribution in [0.15, 0.2) is 41.8 Å². The van der Waals surface area contributed by atoms with Gasteiger partial charge in [0, 0.05) is 29.5 Å². The molecule has 24 heavy (non-hydrogen) atoms. The molecular formula is C18H21ClN2O2S. The van der Waals surface area contributed by atoms with Crippen LogP contribution in [0.1, 0.15) is 16.5 Å². The van der Waals surface area contributed by atoms with Crippen LogP contribution in [0.5, 0.6) is 0 Å². The number of halogens is 1. The number of benzene rings is 1. The lowest BCUT2D eigenvalue weighted by atomic mass is 10.1. The average Bonchev–Trinajstić information content (AvgIpc) is 3.12. The van der Waals surface area contributed by atoms with E-state index in [1.807, 2.05) is 24.3 Å². The number of hydrogen-bond acceptors (Lipinski definition) is 4. The van der Waals surface area contributed by atoms with E-state index in [4.69, 9.17) is 16.3 Å². The first-order valence-electron chi connectivity index (χ1n) is 8.09. The molecule has 3 rings (SSSR count). The van der Waals surface area contributed by atoms with Gasteiger partial charge in [0.15, 0.2) is 0 Å². The van der Waals surface area contributed by atoms with Crippen LogP contribution in [0.3, 0.4) is 0 Å². The van der Waals surface area contributed by atoms with E-state index in [0.29, 0.717) is 18.0 Å². The largest absolute Gasteiger partial charge is 0.379 e. The molecule has 4 nitrogen and oxygen atoms in total. The Morgan fingerprint density at radius 1 is 1.25 bits per heavy atom. The smallest absolute Gasteiger partial charge is 0.224 e. The SMILES string of the molecule is O=C(Cc1ccccc1Cl)NCC(c1cccs1)N1CCOCC1. The molecule has 1 saturated heterocycles. The number of thiophene rings is 1. The van der Waals surface area contributed by atoms with E-state index in [1.54, 1.807) is 11.3 Å². The third-order valence-electron chi connectivity index (χ3n) is 4.16. The molecule has 1 fully saturated rings. The number of rotatable bonds is 6. The molecule has 0 saturated carbocycles. The normalized spacial score (nSPS) is 16.7. The molecule has 2 aromatic rings. The summed E-state index contributed by atoms with van der Waals surface area (Å²) in [7, 11) is 0. The van der Waals surface area contributed by atoms with Gasteiger partial charge in [-0.1, -0.05) is 35.9 Å². The summed E-state index contributed by atoms with van der Waals surface area (Å²) in [5.41, 5.74) is 0.857. The van der Waals surface area contributed by atoms with Gasteiger partial charge in [0.2, 0.25) is 5.91 Å². The summed E-state index contributed by atoms with van der Waals surface area (Å²) in [4.78, 5) is 16.0. The molecular weight excluding hydrogens is 344 g/mol. The maximum absolute atomic E-state index is 12.3. The van der Waals surface area contributed by atoms with Crippen LogP contribution in [-0.2, 0) is 16.0 Å². The summed E-state index contributed by atoms with van der Waals surface area (Å²) in [6.45, 7) is 3.88. The number of nitrogens with zero attached hydrogens (tertiary/aromatic N) is 1. The quantitative estimate of drug-likeness (QED) is 0.856. The monoisotopic (exact) mass is 364 g/mol. The van der Waals surface area contributed by atoms with Crippen LogP contribution < -0.4 is 5.32 Å². The third-order valence-corrected chi connectivity index (χ3v) is 5.50. The van der Waals surface area contributed by atoms with Gasteiger partial charge in [-0.15, -0.1) is 11.3 Å². The Hall–Kier alpha value is -1.40. The Kier molecular flexibility index (Phi) is 6.26. The third kappa shape index (κ3) is 4.57. The minimum atomic E-state index is -0.00193. The Labute approximate surface area is 151 Å². The van der Waals surface area contributed by atoms with Gasteiger partial charge in [-0.05, 0) is 23.1 Å². The van der Waals surface area contributed by atoms with Crippen molar-refractivity contribution in [3.63, 3.8) is 0 Å². The van der Waals surface area contributed by atoms with E-state index < -0.39 is 0 Å². The lowest BCUT2D eigenvalue weighted by Gasteiger charge is -2.34. The number of ether oxygens (including phenoxy) is 1. The van der Waals surface area contributed by atoms with Crippen molar-refractivity contribution < 1.29 is 9.53 Å². The number of hydrogen-bond donors (Lipinski definition) is 1. The highest BCUT2D eigenvalue weighted by Crippen LogP contribution is 2.25. The zero-order chi connectivity index (χ0) is 16.8. The topological polar surface area (TPSA) is 41.6 Å². The molecule has 1 aromatic heterocycles. The van der Waals surface area contributed by atoms with Gasteiger partial charge in [0.05, 0.1) is 25.7 Å². The van der Waals surface area contributed by atoms with E-state index >= 15 is 0 Å². The van der Waals surface area contributed by atoms with Crippen molar-refractivity contribution in [3.05, 3.63) is 57.2 Å². The molecule has 0 aliphatic carbocycles. The summed E-state index contributed by atoms with van der Waals surface area (Å²) in [5.74, 6) is -0.00193. The van der Waals surface area contributed by atoms with Crippen molar-refractivity contribution in [1.82, 2.24) is 10.2 Å². The molecule has 1 atom stereocenters. The molecule has 1 unspecified atom stereocenters. The minimum Gasteiger partial charge on any atom is -0.379 e. The predicted octanol–water partition coefficient (Wildman–Crippen LogP) is 3.13. The predicted molar refractivity (Wildman–Crippen MR) is 97.6 cm³/mol. The fourth-order valence-corrected chi connectivity index (χ4v) is 3.93. The van der Waals surface area contributed by atoms with Gasteiger partial charge >= 0.3 is 0 Å². The molecule has 1 aliphatic rings. The molecule has 1 aliphatic heterocycles. The number of amides is 1. The molecule has 1 N–H and O–H groups in total. The van der Waals surface area contributed by atoms with Crippen LogP contribution >= 0.6 is 22.9 Å². The molecule has 1 amide bonds. The molecule has 0 bridgehead atoms. The van der Waals surface area contributed by atoms with Crippen LogP contribution in [0.4, 0.5) is 0 Å². The van der Waals surface area contributed by atoms with Gasteiger partial charge < -0.3 is 10.1 Å². The average molecular weight is 365 g/mol. The lowest BCUT2D eigenvalue weighted by Crippen LogP contribution is -2.43. The van der Waals surface area contributed by atoms with Crippen molar-refractivity contribution in [2.75, 3.05) is 32.8 Å². The van der Waals surface area contributed by atoms with Crippen LogP contribution in [0.2, 0.25) is 5.02 Å². The van der Waals surface area contributed by atoms with Crippen molar-refractivity contribution >= 4 is 28.8 Å². The van der Waals surface area contributed by atoms with Crippen molar-refractivity contribution in [1.29, 1.82) is 0 Å². The summed E-state index contributed by atoms with van der Waals surface area (Å²) >= 11 is 7.86. The van der Waals surface area contributed by atoms with Gasteiger partial charge in [-0.3, -0.25) is 9.69 Å². The maximum atomic E-state index is 12.3. The van der Waals surface area contributed by atoms with Gasteiger partial charge in [0.25, 0.3) is 0 Å². The first kappa shape index (κ1) is 17.4. The van der Waals surface area contributed by atoms with Crippen LogP contribution in [0, 0.1) is 0 Å². The Morgan fingerprint density at radius 3 is 2.75 bits per heavy atom. The second-order valence-corrected chi connectivity index (χ2v) is 7.14.